The van der Waals surface area contributed by atoms with Crippen LogP contribution in [0.1, 0.15) is 31.4 Å². The van der Waals surface area contributed by atoms with Crippen LogP contribution >= 0.6 is 0 Å². The molecule has 3 unspecified atom stereocenters. The quantitative estimate of drug-likeness (QED) is 0.797. The Morgan fingerprint density at radius 1 is 1.48 bits per heavy atom. The maximum absolute atomic E-state index is 14.1. The van der Waals surface area contributed by atoms with E-state index >= 15 is 0 Å². The van der Waals surface area contributed by atoms with E-state index in [0.29, 0.717) is 11.3 Å². The van der Waals surface area contributed by atoms with E-state index in [1.165, 1.54) is 12.5 Å². The molecule has 0 amide bonds. The molecule has 1 aromatic carbocycles. The van der Waals surface area contributed by atoms with Gasteiger partial charge in [0.25, 0.3) is 0 Å². The molecule has 0 heterocycles. The molecule has 118 valence electrons. The highest BCUT2D eigenvalue weighted by atomic mass is 19.1. The van der Waals surface area contributed by atoms with Gasteiger partial charge in [0.05, 0.1) is 7.11 Å². The lowest BCUT2D eigenvalue weighted by Gasteiger charge is -2.23. The normalized spacial score (nSPS) is 22.4. The largest absolute Gasteiger partial charge is 0.496 e. The summed E-state index contributed by atoms with van der Waals surface area (Å²) in [5.41, 5.74) is 0.635. The van der Waals surface area contributed by atoms with Crippen molar-refractivity contribution in [2.45, 2.75) is 25.8 Å². The van der Waals surface area contributed by atoms with Crippen LogP contribution in [0.4, 0.5) is 4.39 Å². The van der Waals surface area contributed by atoms with Crippen molar-refractivity contribution < 1.29 is 9.13 Å². The molecule has 21 heavy (non-hydrogen) atoms. The number of nitrogens with zero attached hydrogens (tertiary/aromatic N) is 1. The number of halogens is 1. The number of benzene rings is 1. The van der Waals surface area contributed by atoms with Crippen LogP contribution in [-0.2, 0) is 0 Å². The molecule has 1 aliphatic rings. The topological polar surface area (TPSA) is 24.5 Å². The van der Waals surface area contributed by atoms with Crippen molar-refractivity contribution in [2.75, 3.05) is 34.3 Å². The van der Waals surface area contributed by atoms with E-state index in [1.807, 2.05) is 13.1 Å². The van der Waals surface area contributed by atoms with Gasteiger partial charge in [-0.25, -0.2) is 4.39 Å². The van der Waals surface area contributed by atoms with E-state index in [0.717, 1.165) is 31.3 Å². The van der Waals surface area contributed by atoms with Gasteiger partial charge in [0.15, 0.2) is 0 Å². The Hall–Kier alpha value is -1.13. The van der Waals surface area contributed by atoms with Crippen molar-refractivity contribution >= 4 is 0 Å². The second-order valence-corrected chi connectivity index (χ2v) is 6.22. The van der Waals surface area contributed by atoms with E-state index in [-0.39, 0.29) is 11.9 Å². The number of nitrogens with one attached hydrogen (secondary N) is 1. The van der Waals surface area contributed by atoms with Gasteiger partial charge in [0.1, 0.15) is 11.6 Å². The standard InChI is InChI=1S/C17H27FN2O/c1-12-10-13(12)11-20(3)9-8-15(19-2)17-14(18)6-5-7-16(17)21-4/h5-7,12-13,15,19H,8-11H2,1-4H3. The lowest BCUT2D eigenvalue weighted by Crippen LogP contribution is -2.28. The predicted molar refractivity (Wildman–Crippen MR) is 84.1 cm³/mol. The fourth-order valence-corrected chi connectivity index (χ4v) is 2.96. The molecule has 4 heteroatoms. The summed E-state index contributed by atoms with van der Waals surface area (Å²) < 4.78 is 19.4. The van der Waals surface area contributed by atoms with Crippen molar-refractivity contribution in [3.8, 4) is 5.75 Å². The first-order chi connectivity index (χ1) is 10.1. The molecule has 0 spiro atoms. The van der Waals surface area contributed by atoms with E-state index < -0.39 is 0 Å². The van der Waals surface area contributed by atoms with Crippen molar-refractivity contribution in [1.82, 2.24) is 10.2 Å². The lowest BCUT2D eigenvalue weighted by atomic mass is 10.0. The van der Waals surface area contributed by atoms with Gasteiger partial charge in [-0.2, -0.15) is 0 Å². The highest BCUT2D eigenvalue weighted by Crippen LogP contribution is 2.38. The van der Waals surface area contributed by atoms with Gasteiger partial charge in [-0.1, -0.05) is 13.0 Å². The Bertz CT molecular complexity index is 466. The number of hydrogen-bond donors (Lipinski definition) is 1. The average Bonchev–Trinajstić information content (AvgIpc) is 3.15. The molecular weight excluding hydrogens is 267 g/mol. The van der Waals surface area contributed by atoms with Crippen LogP contribution in [0.2, 0.25) is 0 Å². The molecule has 0 aliphatic heterocycles. The zero-order valence-electron chi connectivity index (χ0n) is 13.5. The zero-order valence-corrected chi connectivity index (χ0v) is 13.5. The minimum atomic E-state index is -0.202. The Balaban J connectivity index is 1.96. The molecule has 0 radical (unpaired) electrons. The summed E-state index contributed by atoms with van der Waals surface area (Å²) in [6.45, 7) is 4.40. The summed E-state index contributed by atoms with van der Waals surface area (Å²) in [6, 6.07) is 4.97. The van der Waals surface area contributed by atoms with E-state index in [9.17, 15) is 4.39 Å². The Morgan fingerprint density at radius 2 is 2.19 bits per heavy atom. The number of hydrogen-bond acceptors (Lipinski definition) is 3. The molecule has 3 atom stereocenters. The first-order valence-corrected chi connectivity index (χ1v) is 7.75. The maximum Gasteiger partial charge on any atom is 0.131 e. The van der Waals surface area contributed by atoms with Gasteiger partial charge >= 0.3 is 0 Å². The van der Waals surface area contributed by atoms with Crippen LogP contribution in [0.25, 0.3) is 0 Å². The van der Waals surface area contributed by atoms with Crippen LogP contribution in [0.3, 0.4) is 0 Å². The highest BCUT2D eigenvalue weighted by Gasteiger charge is 2.33. The molecule has 0 aromatic heterocycles. The van der Waals surface area contributed by atoms with Gasteiger partial charge in [-0.3, -0.25) is 0 Å². The summed E-state index contributed by atoms with van der Waals surface area (Å²) in [5, 5.41) is 3.22. The maximum atomic E-state index is 14.1. The third kappa shape index (κ3) is 4.17. The van der Waals surface area contributed by atoms with Crippen LogP contribution in [-0.4, -0.2) is 39.2 Å². The monoisotopic (exact) mass is 294 g/mol. The summed E-state index contributed by atoms with van der Waals surface area (Å²) >= 11 is 0. The van der Waals surface area contributed by atoms with Gasteiger partial charge < -0.3 is 15.0 Å². The third-order valence-corrected chi connectivity index (χ3v) is 4.55. The van der Waals surface area contributed by atoms with Crippen molar-refractivity contribution in [3.05, 3.63) is 29.6 Å². The van der Waals surface area contributed by atoms with Crippen LogP contribution in [0.15, 0.2) is 18.2 Å². The predicted octanol–water partition coefficient (Wildman–Crippen LogP) is 3.07. The first-order valence-electron chi connectivity index (χ1n) is 7.75. The van der Waals surface area contributed by atoms with Crippen LogP contribution in [0, 0.1) is 17.7 Å². The van der Waals surface area contributed by atoms with E-state index in [2.05, 4.69) is 24.2 Å². The summed E-state index contributed by atoms with van der Waals surface area (Å²) in [6.07, 6.45) is 2.21. The number of methoxy groups -OCH3 is 1. The zero-order chi connectivity index (χ0) is 15.4. The minimum Gasteiger partial charge on any atom is -0.496 e. The molecule has 1 aromatic rings. The Labute approximate surface area is 127 Å². The van der Waals surface area contributed by atoms with Gasteiger partial charge in [0, 0.05) is 18.2 Å². The minimum absolute atomic E-state index is 0.0276. The molecule has 0 saturated heterocycles. The lowest BCUT2D eigenvalue weighted by molar-refractivity contribution is 0.291. The van der Waals surface area contributed by atoms with Crippen LogP contribution < -0.4 is 10.1 Å². The number of ether oxygens (including phenoxy) is 1. The summed E-state index contributed by atoms with van der Waals surface area (Å²) in [7, 11) is 5.61. The van der Waals surface area contributed by atoms with Crippen molar-refractivity contribution in [2.24, 2.45) is 11.8 Å². The smallest absolute Gasteiger partial charge is 0.131 e. The first kappa shape index (κ1) is 16.2. The van der Waals surface area contributed by atoms with Gasteiger partial charge in [-0.05, 0) is 57.5 Å². The second-order valence-electron chi connectivity index (χ2n) is 6.22. The molecule has 1 N–H and O–H groups in total. The SMILES string of the molecule is CNC(CCN(C)CC1CC1C)c1c(F)cccc1OC. The summed E-state index contributed by atoms with van der Waals surface area (Å²) in [4.78, 5) is 2.35. The van der Waals surface area contributed by atoms with Crippen molar-refractivity contribution in [1.29, 1.82) is 0 Å². The Kier molecular flexibility index (Phi) is 5.59. The second kappa shape index (κ2) is 7.23. The fourth-order valence-electron chi connectivity index (χ4n) is 2.96. The van der Waals surface area contributed by atoms with E-state index in [4.69, 9.17) is 4.74 Å². The van der Waals surface area contributed by atoms with E-state index in [1.54, 1.807) is 13.2 Å². The fraction of sp³-hybridized carbons (Fsp3) is 0.647. The molecule has 2 rings (SSSR count). The average molecular weight is 294 g/mol. The molecule has 3 nitrogen and oxygen atoms in total. The molecule has 1 fully saturated rings. The molecule has 1 aliphatic carbocycles. The van der Waals surface area contributed by atoms with Gasteiger partial charge in [0.2, 0.25) is 0 Å². The molecule has 0 bridgehead atoms. The molecular formula is C17H27FN2O. The molecule has 1 saturated carbocycles. The Morgan fingerprint density at radius 3 is 2.76 bits per heavy atom. The highest BCUT2D eigenvalue weighted by molar-refractivity contribution is 5.37. The van der Waals surface area contributed by atoms with Crippen LogP contribution in [0.5, 0.6) is 5.75 Å². The van der Waals surface area contributed by atoms with Gasteiger partial charge in [-0.15, -0.1) is 0 Å². The van der Waals surface area contributed by atoms with Crippen molar-refractivity contribution in [3.63, 3.8) is 0 Å². The summed E-state index contributed by atoms with van der Waals surface area (Å²) in [5.74, 6) is 2.14. The number of rotatable bonds is 8. The third-order valence-electron chi connectivity index (χ3n) is 4.55.